The summed E-state index contributed by atoms with van der Waals surface area (Å²) in [4.78, 5) is 6.42. The molecule has 2 aromatic rings. The van der Waals surface area contributed by atoms with Crippen LogP contribution in [-0.2, 0) is 0 Å². The minimum atomic E-state index is -0.900. The summed E-state index contributed by atoms with van der Waals surface area (Å²) in [6.45, 7) is 1.40. The van der Waals surface area contributed by atoms with Gasteiger partial charge in [0.15, 0.2) is 0 Å². The van der Waals surface area contributed by atoms with Crippen molar-refractivity contribution in [3.05, 3.63) is 60.1 Å². The molecular formula is C20H25F2N5. The van der Waals surface area contributed by atoms with Crippen molar-refractivity contribution in [3.63, 3.8) is 0 Å². The lowest BCUT2D eigenvalue weighted by molar-refractivity contribution is 0.148. The smallest absolute Gasteiger partial charge is 0.137 e. The molecule has 1 aromatic carbocycles. The first-order valence-electron chi connectivity index (χ1n) is 9.52. The Kier molecular flexibility index (Phi) is 5.20. The Hall–Kier alpha value is -2.28. The van der Waals surface area contributed by atoms with E-state index in [0.29, 0.717) is 37.5 Å². The van der Waals surface area contributed by atoms with Gasteiger partial charge in [-0.1, -0.05) is 18.2 Å². The van der Waals surface area contributed by atoms with E-state index in [1.807, 2.05) is 22.9 Å². The number of nitrogens with zero attached hydrogens (tertiary/aromatic N) is 4. The van der Waals surface area contributed by atoms with Crippen LogP contribution in [0.15, 0.2) is 48.7 Å². The molecule has 5 nitrogen and oxygen atoms in total. The molecule has 27 heavy (non-hydrogen) atoms. The molecule has 0 spiro atoms. The summed E-state index contributed by atoms with van der Waals surface area (Å²) < 4.78 is 29.3. The van der Waals surface area contributed by atoms with Gasteiger partial charge < -0.3 is 5.73 Å². The predicted molar refractivity (Wildman–Crippen MR) is 99.2 cm³/mol. The maximum absolute atomic E-state index is 14.1. The first-order valence-corrected chi connectivity index (χ1v) is 9.52. The number of hydrogen-bond acceptors (Lipinski definition) is 4. The molecule has 4 atom stereocenters. The summed E-state index contributed by atoms with van der Waals surface area (Å²) in [7, 11) is 0. The normalized spacial score (nSPS) is 29.9. The number of nitrogens with two attached hydrogens (primary N) is 1. The summed E-state index contributed by atoms with van der Waals surface area (Å²) in [6, 6.07) is 7.11. The van der Waals surface area contributed by atoms with Crippen LogP contribution in [0, 0.1) is 5.82 Å². The molecule has 7 heteroatoms. The molecule has 1 saturated carbocycles. The molecule has 1 aliphatic heterocycles. The van der Waals surface area contributed by atoms with Gasteiger partial charge >= 0.3 is 0 Å². The van der Waals surface area contributed by atoms with Crippen LogP contribution in [0.2, 0.25) is 0 Å². The van der Waals surface area contributed by atoms with Gasteiger partial charge in [-0.25, -0.2) is 18.4 Å². The Bertz CT molecular complexity index is 774. The topological polar surface area (TPSA) is 60.0 Å². The maximum atomic E-state index is 14.1. The van der Waals surface area contributed by atoms with Crippen molar-refractivity contribution in [1.29, 1.82) is 0 Å². The SMILES string of the molecule is NC1=CCN(C2CC(c3ccc(F)cc3)CC2n2cncn2)CC[C@H](F)C1. The van der Waals surface area contributed by atoms with Gasteiger partial charge in [-0.2, -0.15) is 5.10 Å². The number of hydrogen-bond donors (Lipinski definition) is 1. The van der Waals surface area contributed by atoms with E-state index < -0.39 is 6.17 Å². The highest BCUT2D eigenvalue weighted by Crippen LogP contribution is 2.43. The van der Waals surface area contributed by atoms with Gasteiger partial charge in [-0.05, 0) is 42.9 Å². The van der Waals surface area contributed by atoms with Crippen LogP contribution in [0.25, 0.3) is 0 Å². The summed E-state index contributed by atoms with van der Waals surface area (Å²) in [6.07, 6.45) is 6.95. The molecule has 1 aliphatic carbocycles. The zero-order chi connectivity index (χ0) is 18.8. The zero-order valence-electron chi connectivity index (χ0n) is 15.2. The molecular weight excluding hydrogens is 348 g/mol. The molecule has 1 aromatic heterocycles. The van der Waals surface area contributed by atoms with Gasteiger partial charge in [0.2, 0.25) is 0 Å². The van der Waals surface area contributed by atoms with Crippen LogP contribution in [0.3, 0.4) is 0 Å². The fourth-order valence-corrected chi connectivity index (χ4v) is 4.44. The first-order chi connectivity index (χ1) is 13.1. The summed E-state index contributed by atoms with van der Waals surface area (Å²) in [5, 5.41) is 4.36. The van der Waals surface area contributed by atoms with Gasteiger partial charge in [-0.3, -0.25) is 4.90 Å². The van der Waals surface area contributed by atoms with Crippen LogP contribution < -0.4 is 5.73 Å². The number of rotatable bonds is 3. The third-order valence-electron chi connectivity index (χ3n) is 5.86. The predicted octanol–water partition coefficient (Wildman–Crippen LogP) is 3.18. The molecule has 1 fully saturated rings. The monoisotopic (exact) mass is 373 g/mol. The van der Waals surface area contributed by atoms with E-state index in [9.17, 15) is 8.78 Å². The van der Waals surface area contributed by atoms with Crippen molar-refractivity contribution in [3.8, 4) is 0 Å². The quantitative estimate of drug-likeness (QED) is 0.898. The molecule has 3 unspecified atom stereocenters. The second-order valence-corrected chi connectivity index (χ2v) is 7.59. The van der Waals surface area contributed by atoms with E-state index in [-0.39, 0.29) is 17.9 Å². The van der Waals surface area contributed by atoms with E-state index in [4.69, 9.17) is 5.73 Å². The highest BCUT2D eigenvalue weighted by atomic mass is 19.1. The Morgan fingerprint density at radius 3 is 2.63 bits per heavy atom. The van der Waals surface area contributed by atoms with Gasteiger partial charge in [-0.15, -0.1) is 0 Å². The van der Waals surface area contributed by atoms with Gasteiger partial charge in [0.1, 0.15) is 24.6 Å². The number of benzene rings is 1. The molecule has 0 saturated heterocycles. The van der Waals surface area contributed by atoms with E-state index in [2.05, 4.69) is 15.0 Å². The van der Waals surface area contributed by atoms with Crippen LogP contribution in [0.1, 0.15) is 43.2 Å². The van der Waals surface area contributed by atoms with Crippen LogP contribution in [0.5, 0.6) is 0 Å². The van der Waals surface area contributed by atoms with Crippen molar-refractivity contribution >= 4 is 0 Å². The maximum Gasteiger partial charge on any atom is 0.137 e. The minimum Gasteiger partial charge on any atom is -0.402 e. The largest absolute Gasteiger partial charge is 0.402 e. The minimum absolute atomic E-state index is 0.148. The third kappa shape index (κ3) is 4.03. The van der Waals surface area contributed by atoms with E-state index in [1.165, 1.54) is 12.1 Å². The van der Waals surface area contributed by atoms with Crippen molar-refractivity contribution < 1.29 is 8.78 Å². The van der Waals surface area contributed by atoms with Crippen molar-refractivity contribution in [1.82, 2.24) is 19.7 Å². The van der Waals surface area contributed by atoms with Crippen LogP contribution in [0.4, 0.5) is 8.78 Å². The first kappa shape index (κ1) is 18.1. The van der Waals surface area contributed by atoms with Crippen molar-refractivity contribution in [2.75, 3.05) is 13.1 Å². The highest BCUT2D eigenvalue weighted by Gasteiger charge is 2.40. The van der Waals surface area contributed by atoms with Gasteiger partial charge in [0.25, 0.3) is 0 Å². The second-order valence-electron chi connectivity index (χ2n) is 7.59. The van der Waals surface area contributed by atoms with Gasteiger partial charge in [0.05, 0.1) is 6.04 Å². The lowest BCUT2D eigenvalue weighted by Crippen LogP contribution is -2.41. The number of allylic oxidation sites excluding steroid dienone is 1. The molecule has 2 heterocycles. The van der Waals surface area contributed by atoms with E-state index in [0.717, 1.165) is 18.4 Å². The fourth-order valence-electron chi connectivity index (χ4n) is 4.44. The van der Waals surface area contributed by atoms with Crippen LogP contribution in [-0.4, -0.2) is 45.0 Å². The van der Waals surface area contributed by atoms with E-state index in [1.54, 1.807) is 12.7 Å². The number of halogens is 2. The molecule has 0 radical (unpaired) electrons. The number of aromatic nitrogens is 3. The average Bonchev–Trinajstić information content (AvgIpc) is 3.30. The molecule has 4 rings (SSSR count). The molecule has 2 aliphatic rings. The summed E-state index contributed by atoms with van der Waals surface area (Å²) in [5.41, 5.74) is 7.71. The standard InChI is InChI=1S/C20H25F2N5/c21-16-3-1-14(2-4-16)15-9-19(20(10-15)27-13-24-12-25-27)26-7-5-17(22)11-18(23)6-8-26/h1-4,6,12-13,15,17,19-20H,5,7-11,23H2/t15?,17-,19?,20?/m0/s1. The van der Waals surface area contributed by atoms with E-state index >= 15 is 0 Å². The van der Waals surface area contributed by atoms with Crippen molar-refractivity contribution in [2.45, 2.75) is 49.9 Å². The Balaban J connectivity index is 1.60. The Morgan fingerprint density at radius 2 is 1.89 bits per heavy atom. The second kappa shape index (κ2) is 7.76. The van der Waals surface area contributed by atoms with Crippen LogP contribution >= 0.6 is 0 Å². The molecule has 0 amide bonds. The van der Waals surface area contributed by atoms with Crippen molar-refractivity contribution in [2.24, 2.45) is 5.73 Å². The third-order valence-corrected chi connectivity index (χ3v) is 5.86. The zero-order valence-corrected chi connectivity index (χ0v) is 15.2. The number of alkyl halides is 1. The lowest BCUT2D eigenvalue weighted by atomic mass is 9.97. The lowest BCUT2D eigenvalue weighted by Gasteiger charge is -2.33. The highest BCUT2D eigenvalue weighted by molar-refractivity contribution is 5.23. The van der Waals surface area contributed by atoms with Gasteiger partial charge in [0, 0.05) is 31.2 Å². The molecule has 144 valence electrons. The molecule has 2 N–H and O–H groups in total. The molecule has 0 bridgehead atoms. The summed E-state index contributed by atoms with van der Waals surface area (Å²) in [5.74, 6) is 0.0808. The fraction of sp³-hybridized carbons (Fsp3) is 0.500. The summed E-state index contributed by atoms with van der Waals surface area (Å²) >= 11 is 0. The Labute approximate surface area is 157 Å². The Morgan fingerprint density at radius 1 is 1.11 bits per heavy atom. The average molecular weight is 373 g/mol.